The molecule has 0 bridgehead atoms. The van der Waals surface area contributed by atoms with Gasteiger partial charge >= 0.3 is 0 Å². The van der Waals surface area contributed by atoms with Gasteiger partial charge in [-0.15, -0.1) is 0 Å². The Bertz CT molecular complexity index is 916. The number of hydrogen-bond donors (Lipinski definition) is 0. The number of aryl methyl sites for hydroxylation is 1. The quantitative estimate of drug-likeness (QED) is 0.271. The van der Waals surface area contributed by atoms with Gasteiger partial charge in [0.2, 0.25) is 0 Å². The minimum absolute atomic E-state index is 0.936. The van der Waals surface area contributed by atoms with Crippen LogP contribution >= 0.6 is 0 Å². The van der Waals surface area contributed by atoms with Crippen LogP contribution in [0.4, 0.5) is 0 Å². The normalized spacial score (nSPS) is 17.5. The van der Waals surface area contributed by atoms with E-state index in [1.54, 1.807) is 0 Å². The standard InChI is InChI=1S/C33H42/c1-3-5-7-9-11-29-14-18-31(19-15-29)21-23-33-26-24-32(25-27-33)22-20-30-16-12-28(13-17-30)10-8-6-4-2/h14-15,18-19,24-28,30H,3-8,10,12-13,16-17,20,22H2,1-2H3/t28-,30-. The lowest BCUT2D eigenvalue weighted by atomic mass is 9.78. The van der Waals surface area contributed by atoms with Crippen LogP contribution < -0.4 is 0 Å². The van der Waals surface area contributed by atoms with Gasteiger partial charge in [-0.25, -0.2) is 0 Å². The molecule has 0 spiro atoms. The van der Waals surface area contributed by atoms with Crippen molar-refractivity contribution < 1.29 is 0 Å². The van der Waals surface area contributed by atoms with Gasteiger partial charge in [-0.2, -0.15) is 0 Å². The summed E-state index contributed by atoms with van der Waals surface area (Å²) in [7, 11) is 0. The summed E-state index contributed by atoms with van der Waals surface area (Å²) < 4.78 is 0. The first-order valence-electron chi connectivity index (χ1n) is 13.5. The van der Waals surface area contributed by atoms with Crippen LogP contribution in [0.15, 0.2) is 48.5 Å². The average Bonchev–Trinajstić information content (AvgIpc) is 2.86. The number of hydrogen-bond acceptors (Lipinski definition) is 0. The lowest BCUT2D eigenvalue weighted by Gasteiger charge is -2.28. The van der Waals surface area contributed by atoms with Gasteiger partial charge in [-0.1, -0.05) is 107 Å². The molecule has 2 aromatic carbocycles. The first-order chi connectivity index (χ1) is 16.3. The smallest absolute Gasteiger partial charge is 0.0249 e. The number of benzene rings is 2. The maximum Gasteiger partial charge on any atom is 0.0249 e. The fourth-order valence-electron chi connectivity index (χ4n) is 4.83. The van der Waals surface area contributed by atoms with E-state index in [9.17, 15) is 0 Å². The second kappa shape index (κ2) is 14.7. The Labute approximate surface area is 203 Å². The molecule has 3 rings (SSSR count). The number of rotatable bonds is 9. The van der Waals surface area contributed by atoms with Gasteiger partial charge in [0.25, 0.3) is 0 Å². The zero-order chi connectivity index (χ0) is 23.1. The molecule has 174 valence electrons. The zero-order valence-corrected chi connectivity index (χ0v) is 21.0. The van der Waals surface area contributed by atoms with Gasteiger partial charge in [0.1, 0.15) is 0 Å². The molecule has 2 aromatic rings. The summed E-state index contributed by atoms with van der Waals surface area (Å²) in [5.74, 6) is 15.0. The molecule has 0 heterocycles. The van der Waals surface area contributed by atoms with Gasteiger partial charge in [-0.05, 0) is 73.1 Å². The molecule has 1 saturated carbocycles. The highest BCUT2D eigenvalue weighted by Gasteiger charge is 2.20. The van der Waals surface area contributed by atoms with Crippen molar-refractivity contribution in [2.24, 2.45) is 11.8 Å². The Morgan fingerprint density at radius 1 is 0.606 bits per heavy atom. The van der Waals surface area contributed by atoms with Crippen LogP contribution in [0.25, 0.3) is 0 Å². The van der Waals surface area contributed by atoms with E-state index in [0.29, 0.717) is 0 Å². The summed E-state index contributed by atoms with van der Waals surface area (Å²) in [6.07, 6.45) is 17.4. The van der Waals surface area contributed by atoms with Crippen molar-refractivity contribution in [3.8, 4) is 23.7 Å². The highest BCUT2D eigenvalue weighted by atomic mass is 14.3. The van der Waals surface area contributed by atoms with Crippen molar-refractivity contribution in [2.45, 2.75) is 97.3 Å². The van der Waals surface area contributed by atoms with Crippen LogP contribution in [-0.2, 0) is 6.42 Å². The monoisotopic (exact) mass is 438 g/mol. The van der Waals surface area contributed by atoms with Crippen LogP contribution in [0.3, 0.4) is 0 Å². The zero-order valence-electron chi connectivity index (χ0n) is 21.0. The molecule has 0 N–H and O–H groups in total. The van der Waals surface area contributed by atoms with Crippen LogP contribution in [-0.4, -0.2) is 0 Å². The summed E-state index contributed by atoms with van der Waals surface area (Å²) in [5, 5.41) is 0. The lowest BCUT2D eigenvalue weighted by molar-refractivity contribution is 0.249. The third kappa shape index (κ3) is 9.52. The molecule has 0 nitrogen and oxygen atoms in total. The van der Waals surface area contributed by atoms with E-state index in [1.807, 2.05) is 0 Å². The molecule has 1 aliphatic rings. The van der Waals surface area contributed by atoms with Crippen molar-refractivity contribution in [3.05, 3.63) is 70.8 Å². The van der Waals surface area contributed by atoms with E-state index in [-0.39, 0.29) is 0 Å². The molecule has 0 aromatic heterocycles. The van der Waals surface area contributed by atoms with E-state index in [1.165, 1.54) is 82.6 Å². The van der Waals surface area contributed by atoms with Gasteiger partial charge < -0.3 is 0 Å². The van der Waals surface area contributed by atoms with Crippen LogP contribution in [0, 0.1) is 35.5 Å². The number of unbranched alkanes of at least 4 members (excludes halogenated alkanes) is 4. The highest BCUT2D eigenvalue weighted by Crippen LogP contribution is 2.34. The second-order valence-corrected chi connectivity index (χ2v) is 9.85. The molecule has 33 heavy (non-hydrogen) atoms. The van der Waals surface area contributed by atoms with E-state index < -0.39 is 0 Å². The van der Waals surface area contributed by atoms with Crippen molar-refractivity contribution in [2.75, 3.05) is 0 Å². The molecule has 0 heteroatoms. The molecular weight excluding hydrogens is 396 g/mol. The summed E-state index contributed by atoms with van der Waals surface area (Å²) in [5.41, 5.74) is 4.67. The molecule has 0 saturated heterocycles. The van der Waals surface area contributed by atoms with E-state index in [4.69, 9.17) is 0 Å². The fourth-order valence-corrected chi connectivity index (χ4v) is 4.83. The van der Waals surface area contributed by atoms with E-state index in [2.05, 4.69) is 86.1 Å². The maximum absolute atomic E-state index is 3.31. The highest BCUT2D eigenvalue weighted by molar-refractivity contribution is 5.46. The molecular formula is C33H42. The van der Waals surface area contributed by atoms with Gasteiger partial charge in [-0.3, -0.25) is 0 Å². The van der Waals surface area contributed by atoms with Crippen LogP contribution in [0.1, 0.15) is 113 Å². The first-order valence-corrected chi connectivity index (χ1v) is 13.5. The molecule has 0 amide bonds. The van der Waals surface area contributed by atoms with Crippen LogP contribution in [0.2, 0.25) is 0 Å². The van der Waals surface area contributed by atoms with E-state index in [0.717, 1.165) is 34.9 Å². The largest absolute Gasteiger partial charge is 0.0979 e. The van der Waals surface area contributed by atoms with E-state index >= 15 is 0 Å². The van der Waals surface area contributed by atoms with Crippen molar-refractivity contribution in [3.63, 3.8) is 0 Å². The molecule has 0 aliphatic heterocycles. The average molecular weight is 439 g/mol. The minimum atomic E-state index is 0.936. The molecule has 1 aliphatic carbocycles. The third-order valence-electron chi connectivity index (χ3n) is 7.10. The van der Waals surface area contributed by atoms with Crippen LogP contribution in [0.5, 0.6) is 0 Å². The van der Waals surface area contributed by atoms with Crippen molar-refractivity contribution >= 4 is 0 Å². The van der Waals surface area contributed by atoms with Gasteiger partial charge in [0, 0.05) is 23.1 Å². The lowest BCUT2D eigenvalue weighted by Crippen LogP contribution is -2.15. The molecule has 0 unspecified atom stereocenters. The Morgan fingerprint density at radius 2 is 1.12 bits per heavy atom. The maximum atomic E-state index is 3.31. The Hall–Kier alpha value is -2.44. The first kappa shape index (κ1) is 25.2. The molecule has 0 atom stereocenters. The third-order valence-corrected chi connectivity index (χ3v) is 7.10. The predicted octanol–water partition coefficient (Wildman–Crippen LogP) is 8.95. The summed E-state index contributed by atoms with van der Waals surface area (Å²) in [6.45, 7) is 4.50. The fraction of sp³-hybridized carbons (Fsp3) is 0.515. The topological polar surface area (TPSA) is 0 Å². The summed E-state index contributed by atoms with van der Waals surface area (Å²) >= 11 is 0. The van der Waals surface area contributed by atoms with Gasteiger partial charge in [0.15, 0.2) is 0 Å². The Balaban J connectivity index is 1.41. The predicted molar refractivity (Wildman–Crippen MR) is 143 cm³/mol. The molecule has 0 radical (unpaired) electrons. The SMILES string of the molecule is CCCCC#Cc1ccc(C#Cc2ccc(CC[C@H]3CC[C@H](CCCCC)CC3)cc2)cc1. The minimum Gasteiger partial charge on any atom is -0.0979 e. The van der Waals surface area contributed by atoms with Gasteiger partial charge in [0.05, 0.1) is 0 Å². The Morgan fingerprint density at radius 3 is 1.70 bits per heavy atom. The second-order valence-electron chi connectivity index (χ2n) is 9.85. The summed E-state index contributed by atoms with van der Waals surface area (Å²) in [4.78, 5) is 0. The molecule has 1 fully saturated rings. The Kier molecular flexibility index (Phi) is 11.2. The van der Waals surface area contributed by atoms with Crippen molar-refractivity contribution in [1.82, 2.24) is 0 Å². The van der Waals surface area contributed by atoms with Crippen molar-refractivity contribution in [1.29, 1.82) is 0 Å². The summed E-state index contributed by atoms with van der Waals surface area (Å²) in [6, 6.07) is 17.2.